The molecule has 0 saturated heterocycles. The first-order valence-corrected chi connectivity index (χ1v) is 6.95. The summed E-state index contributed by atoms with van der Waals surface area (Å²) < 4.78 is 0. The second-order valence-corrected chi connectivity index (χ2v) is 5.39. The Hall–Kier alpha value is -2.22. The van der Waals surface area contributed by atoms with Crippen LogP contribution >= 0.6 is 0 Å². The van der Waals surface area contributed by atoms with Gasteiger partial charge in [-0.25, -0.2) is 0 Å². The summed E-state index contributed by atoms with van der Waals surface area (Å²) in [6, 6.07) is 15.0. The fraction of sp³-hybridized carbons (Fsp3) is 0.222. The molecule has 2 aromatic rings. The van der Waals surface area contributed by atoms with E-state index < -0.39 is 0 Å². The minimum Gasteiger partial charge on any atom is -0.508 e. The zero-order valence-electron chi connectivity index (χ0n) is 11.3. The van der Waals surface area contributed by atoms with E-state index >= 15 is 0 Å². The van der Waals surface area contributed by atoms with Crippen LogP contribution in [0.15, 0.2) is 60.7 Å². The lowest BCUT2D eigenvalue weighted by atomic mass is 9.67. The average molecular weight is 266 g/mol. The van der Waals surface area contributed by atoms with Crippen molar-refractivity contribution in [3.8, 4) is 11.5 Å². The number of phenolic OH excluding ortho intramolecular Hbond substituents is 2. The van der Waals surface area contributed by atoms with E-state index in [0.717, 1.165) is 19.3 Å². The van der Waals surface area contributed by atoms with Gasteiger partial charge in [0.05, 0.1) is 0 Å². The van der Waals surface area contributed by atoms with Gasteiger partial charge in [-0.1, -0.05) is 36.4 Å². The number of aromatic hydroxyl groups is 2. The van der Waals surface area contributed by atoms with E-state index in [4.69, 9.17) is 0 Å². The van der Waals surface area contributed by atoms with Gasteiger partial charge in [0, 0.05) is 5.41 Å². The van der Waals surface area contributed by atoms with Gasteiger partial charge in [0.1, 0.15) is 11.5 Å². The Labute approximate surface area is 119 Å². The molecule has 0 amide bonds. The molecule has 0 aliphatic heterocycles. The van der Waals surface area contributed by atoms with Crippen LogP contribution in [0.1, 0.15) is 30.4 Å². The minimum atomic E-state index is -0.0594. The third-order valence-electron chi connectivity index (χ3n) is 4.21. The Morgan fingerprint density at radius 3 is 1.60 bits per heavy atom. The lowest BCUT2D eigenvalue weighted by Crippen LogP contribution is -2.28. The molecule has 0 bridgehead atoms. The van der Waals surface area contributed by atoms with Crippen molar-refractivity contribution in [3.63, 3.8) is 0 Å². The molecule has 0 atom stereocenters. The standard InChI is InChI=1S/C18H18O2/c19-16-8-4-14(5-9-16)18(12-2-1-3-13-18)15-6-10-17(20)11-7-15/h1-2,4-11,19-20H,3,12-13H2. The highest BCUT2D eigenvalue weighted by Crippen LogP contribution is 2.43. The molecule has 0 saturated carbocycles. The van der Waals surface area contributed by atoms with E-state index in [1.165, 1.54) is 11.1 Å². The summed E-state index contributed by atoms with van der Waals surface area (Å²) in [6.45, 7) is 0. The van der Waals surface area contributed by atoms with Crippen LogP contribution in [0.2, 0.25) is 0 Å². The first-order valence-electron chi connectivity index (χ1n) is 6.95. The van der Waals surface area contributed by atoms with Gasteiger partial charge in [-0.05, 0) is 54.7 Å². The Morgan fingerprint density at radius 2 is 1.20 bits per heavy atom. The first-order chi connectivity index (χ1) is 9.71. The largest absolute Gasteiger partial charge is 0.508 e. The van der Waals surface area contributed by atoms with Crippen molar-refractivity contribution in [2.24, 2.45) is 0 Å². The van der Waals surface area contributed by atoms with Gasteiger partial charge in [-0.2, -0.15) is 0 Å². The summed E-state index contributed by atoms with van der Waals surface area (Å²) in [7, 11) is 0. The smallest absolute Gasteiger partial charge is 0.115 e. The molecule has 2 nitrogen and oxygen atoms in total. The molecule has 20 heavy (non-hydrogen) atoms. The van der Waals surface area contributed by atoms with Crippen LogP contribution in [0.3, 0.4) is 0 Å². The second kappa shape index (κ2) is 5.04. The number of hydrogen-bond donors (Lipinski definition) is 2. The summed E-state index contributed by atoms with van der Waals surface area (Å²) >= 11 is 0. The van der Waals surface area contributed by atoms with E-state index in [9.17, 15) is 10.2 Å². The van der Waals surface area contributed by atoms with Gasteiger partial charge >= 0.3 is 0 Å². The number of rotatable bonds is 2. The predicted octanol–water partition coefficient (Wildman–Crippen LogP) is 4.12. The molecule has 0 radical (unpaired) electrons. The van der Waals surface area contributed by atoms with Crippen LogP contribution in [0.5, 0.6) is 11.5 Å². The average Bonchev–Trinajstić information content (AvgIpc) is 2.49. The molecule has 2 heteroatoms. The monoisotopic (exact) mass is 266 g/mol. The third kappa shape index (κ3) is 2.18. The summed E-state index contributed by atoms with van der Waals surface area (Å²) in [4.78, 5) is 0. The van der Waals surface area contributed by atoms with Crippen molar-refractivity contribution in [1.82, 2.24) is 0 Å². The van der Waals surface area contributed by atoms with Gasteiger partial charge in [0.25, 0.3) is 0 Å². The van der Waals surface area contributed by atoms with Crippen molar-refractivity contribution in [1.29, 1.82) is 0 Å². The van der Waals surface area contributed by atoms with Crippen molar-refractivity contribution in [2.45, 2.75) is 24.7 Å². The molecular formula is C18H18O2. The summed E-state index contributed by atoms with van der Waals surface area (Å²) in [5, 5.41) is 19.0. The Balaban J connectivity index is 2.11. The number of phenols is 2. The van der Waals surface area contributed by atoms with Crippen molar-refractivity contribution in [2.75, 3.05) is 0 Å². The molecule has 0 heterocycles. The lowest BCUT2D eigenvalue weighted by molar-refractivity contribution is 0.454. The summed E-state index contributed by atoms with van der Waals surface area (Å²) in [5.41, 5.74) is 2.37. The van der Waals surface area contributed by atoms with Gasteiger partial charge in [0.15, 0.2) is 0 Å². The van der Waals surface area contributed by atoms with Crippen LogP contribution in [0, 0.1) is 0 Å². The van der Waals surface area contributed by atoms with Crippen LogP contribution < -0.4 is 0 Å². The summed E-state index contributed by atoms with van der Waals surface area (Å²) in [6.07, 6.45) is 7.48. The molecule has 2 aromatic carbocycles. The predicted molar refractivity (Wildman–Crippen MR) is 80.0 cm³/mol. The first kappa shape index (κ1) is 12.8. The SMILES string of the molecule is Oc1ccc(C2(c3ccc(O)cc3)CC=CCC2)cc1. The Morgan fingerprint density at radius 1 is 0.700 bits per heavy atom. The fourth-order valence-electron chi connectivity index (χ4n) is 3.09. The van der Waals surface area contributed by atoms with Crippen LogP contribution in [-0.2, 0) is 5.41 Å². The highest BCUT2D eigenvalue weighted by molar-refractivity contribution is 5.44. The van der Waals surface area contributed by atoms with Gasteiger partial charge in [-0.15, -0.1) is 0 Å². The number of hydrogen-bond acceptors (Lipinski definition) is 2. The van der Waals surface area contributed by atoms with Crippen molar-refractivity contribution in [3.05, 3.63) is 71.8 Å². The van der Waals surface area contributed by atoms with E-state index in [2.05, 4.69) is 12.2 Å². The molecule has 1 aliphatic carbocycles. The zero-order chi connectivity index (χ0) is 14.0. The van der Waals surface area contributed by atoms with Crippen LogP contribution in [0.25, 0.3) is 0 Å². The van der Waals surface area contributed by atoms with Gasteiger partial charge in [-0.3, -0.25) is 0 Å². The Kier molecular flexibility index (Phi) is 3.23. The van der Waals surface area contributed by atoms with E-state index in [1.54, 1.807) is 24.3 Å². The Bertz CT molecular complexity index is 563. The molecule has 2 N–H and O–H groups in total. The number of allylic oxidation sites excluding steroid dienone is 2. The highest BCUT2D eigenvalue weighted by atomic mass is 16.3. The number of benzene rings is 2. The maximum atomic E-state index is 9.50. The topological polar surface area (TPSA) is 40.5 Å². The second-order valence-electron chi connectivity index (χ2n) is 5.39. The highest BCUT2D eigenvalue weighted by Gasteiger charge is 2.33. The molecule has 0 fully saturated rings. The third-order valence-corrected chi connectivity index (χ3v) is 4.21. The van der Waals surface area contributed by atoms with Crippen LogP contribution in [-0.4, -0.2) is 10.2 Å². The molecule has 1 aliphatic rings. The summed E-state index contributed by atoms with van der Waals surface area (Å²) in [5.74, 6) is 0.585. The van der Waals surface area contributed by atoms with E-state index in [0.29, 0.717) is 11.5 Å². The zero-order valence-corrected chi connectivity index (χ0v) is 11.3. The molecule has 0 unspecified atom stereocenters. The molecule has 0 aromatic heterocycles. The van der Waals surface area contributed by atoms with E-state index in [1.807, 2.05) is 24.3 Å². The van der Waals surface area contributed by atoms with Gasteiger partial charge < -0.3 is 10.2 Å². The lowest BCUT2D eigenvalue weighted by Gasteiger charge is -2.36. The normalized spacial score (nSPS) is 17.0. The molecule has 0 spiro atoms. The van der Waals surface area contributed by atoms with Crippen LogP contribution in [0.4, 0.5) is 0 Å². The maximum absolute atomic E-state index is 9.50. The quantitative estimate of drug-likeness (QED) is 0.803. The molecule has 3 rings (SSSR count). The molecular weight excluding hydrogens is 248 g/mol. The van der Waals surface area contributed by atoms with Gasteiger partial charge in [0.2, 0.25) is 0 Å². The van der Waals surface area contributed by atoms with E-state index in [-0.39, 0.29) is 5.41 Å². The fourth-order valence-corrected chi connectivity index (χ4v) is 3.09. The van der Waals surface area contributed by atoms with Crippen molar-refractivity contribution >= 4 is 0 Å². The minimum absolute atomic E-state index is 0.0594. The van der Waals surface area contributed by atoms with Crippen molar-refractivity contribution < 1.29 is 10.2 Å². The molecule has 102 valence electrons. The maximum Gasteiger partial charge on any atom is 0.115 e.